The molecule has 9 nitrogen and oxygen atoms in total. The van der Waals surface area contributed by atoms with Gasteiger partial charge in [-0.15, -0.1) is 11.3 Å². The number of benzene rings is 2. The first-order valence-electron chi connectivity index (χ1n) is 10.7. The largest absolute Gasteiger partial charge is 0.482 e. The van der Waals surface area contributed by atoms with Crippen molar-refractivity contribution in [2.45, 2.75) is 24.7 Å². The monoisotopic (exact) mass is 498 g/mol. The maximum Gasteiger partial charge on any atom is 0.264 e. The summed E-state index contributed by atoms with van der Waals surface area (Å²) in [4.78, 5) is 32.5. The van der Waals surface area contributed by atoms with E-state index in [0.29, 0.717) is 35.8 Å². The molecule has 0 atom stereocenters. The number of anilines is 3. The number of nitrogens with zero attached hydrogens (tertiary/aromatic N) is 3. The van der Waals surface area contributed by atoms with E-state index in [2.05, 4.69) is 9.71 Å². The van der Waals surface area contributed by atoms with E-state index in [4.69, 9.17) is 4.74 Å². The van der Waals surface area contributed by atoms with Crippen molar-refractivity contribution in [3.63, 3.8) is 0 Å². The van der Waals surface area contributed by atoms with Gasteiger partial charge in [-0.25, -0.2) is 13.4 Å². The summed E-state index contributed by atoms with van der Waals surface area (Å²) in [5, 5.41) is 0.240. The number of amides is 2. The van der Waals surface area contributed by atoms with Crippen molar-refractivity contribution in [2.75, 3.05) is 34.7 Å². The second-order valence-corrected chi connectivity index (χ2v) is 11.0. The number of likely N-dealkylation sites (N-methyl/N-ethyl adjacent to an activating group) is 1. The van der Waals surface area contributed by atoms with Crippen LogP contribution in [0.2, 0.25) is 0 Å². The van der Waals surface area contributed by atoms with Gasteiger partial charge in [0.25, 0.3) is 15.9 Å². The van der Waals surface area contributed by atoms with Gasteiger partial charge in [-0.05, 0) is 55.8 Å². The summed E-state index contributed by atoms with van der Waals surface area (Å²) in [6.45, 7) is 2.50. The number of rotatable bonds is 5. The third kappa shape index (κ3) is 4.01. The lowest BCUT2D eigenvalue weighted by Gasteiger charge is -2.26. The summed E-state index contributed by atoms with van der Waals surface area (Å²) in [5.41, 5.74) is 2.70. The molecule has 5 rings (SSSR count). The highest BCUT2D eigenvalue weighted by Gasteiger charge is 2.25. The van der Waals surface area contributed by atoms with Gasteiger partial charge < -0.3 is 14.5 Å². The molecule has 34 heavy (non-hydrogen) atoms. The SMILES string of the molecule is Cc1sc(NS(=O)(=O)c2ccc(N3CCCC3=O)cc2)nc1-c1ccc2c(c1)N(C)C(=O)CO2. The first kappa shape index (κ1) is 22.4. The van der Waals surface area contributed by atoms with Gasteiger partial charge in [-0.2, -0.15) is 0 Å². The third-order valence-electron chi connectivity index (χ3n) is 5.87. The topological polar surface area (TPSA) is 109 Å². The van der Waals surface area contributed by atoms with Crippen LogP contribution in [-0.2, 0) is 19.6 Å². The van der Waals surface area contributed by atoms with Crippen molar-refractivity contribution >= 4 is 49.7 Å². The third-order valence-corrected chi connectivity index (χ3v) is 8.24. The lowest BCUT2D eigenvalue weighted by Crippen LogP contribution is -2.35. The van der Waals surface area contributed by atoms with Crippen LogP contribution in [0.1, 0.15) is 17.7 Å². The van der Waals surface area contributed by atoms with E-state index in [1.54, 1.807) is 30.1 Å². The lowest BCUT2D eigenvalue weighted by molar-refractivity contribution is -0.121. The maximum atomic E-state index is 12.9. The average Bonchev–Trinajstić information content (AvgIpc) is 3.41. The molecule has 0 unspecified atom stereocenters. The van der Waals surface area contributed by atoms with Crippen LogP contribution in [-0.4, -0.2) is 45.4 Å². The number of hydrogen-bond acceptors (Lipinski definition) is 7. The molecule has 1 saturated heterocycles. The van der Waals surface area contributed by atoms with Crippen LogP contribution in [0.15, 0.2) is 47.4 Å². The van der Waals surface area contributed by atoms with Gasteiger partial charge >= 0.3 is 0 Å². The number of aryl methyl sites for hydroxylation is 1. The Bertz CT molecular complexity index is 1400. The molecule has 2 aromatic carbocycles. The minimum atomic E-state index is -3.86. The molecule has 0 aliphatic carbocycles. The molecule has 0 spiro atoms. The number of carbonyl (C=O) groups excluding carboxylic acids is 2. The van der Waals surface area contributed by atoms with Gasteiger partial charge in [0.2, 0.25) is 5.91 Å². The number of aromatic nitrogens is 1. The Morgan fingerprint density at radius 2 is 1.85 bits per heavy atom. The fourth-order valence-electron chi connectivity index (χ4n) is 4.03. The molecule has 1 aromatic heterocycles. The molecule has 176 valence electrons. The van der Waals surface area contributed by atoms with Gasteiger partial charge in [0.1, 0.15) is 5.75 Å². The maximum absolute atomic E-state index is 12.9. The molecule has 2 amide bonds. The van der Waals surface area contributed by atoms with Crippen LogP contribution in [0.4, 0.5) is 16.5 Å². The standard InChI is InChI=1S/C23H22N4O5S2/c1-14-22(15-5-10-19-18(12-15)26(2)21(29)13-32-19)24-23(33-14)25-34(30,31)17-8-6-16(7-9-17)27-11-3-4-20(27)28/h5-10,12H,3-4,11,13H2,1-2H3,(H,24,25). The van der Waals surface area contributed by atoms with Crippen molar-refractivity contribution in [3.05, 3.63) is 47.3 Å². The molecule has 1 fully saturated rings. The predicted octanol–water partition coefficient (Wildman–Crippen LogP) is 3.40. The predicted molar refractivity (Wildman–Crippen MR) is 130 cm³/mol. The molecular weight excluding hydrogens is 476 g/mol. The van der Waals surface area contributed by atoms with Crippen LogP contribution in [0.5, 0.6) is 5.75 Å². The Morgan fingerprint density at radius 1 is 1.09 bits per heavy atom. The number of nitrogens with one attached hydrogen (secondary N) is 1. The average molecular weight is 499 g/mol. The Kier molecular flexibility index (Phi) is 5.53. The summed E-state index contributed by atoms with van der Waals surface area (Å²) in [6, 6.07) is 11.7. The van der Waals surface area contributed by atoms with Crippen LogP contribution >= 0.6 is 11.3 Å². The molecule has 3 aromatic rings. The second-order valence-electron chi connectivity index (χ2n) is 8.10. The number of sulfonamides is 1. The molecule has 0 saturated carbocycles. The number of hydrogen-bond donors (Lipinski definition) is 1. The van der Waals surface area contributed by atoms with Crippen molar-refractivity contribution < 1.29 is 22.7 Å². The van der Waals surface area contributed by atoms with Crippen molar-refractivity contribution in [1.29, 1.82) is 0 Å². The number of thiazole rings is 1. The molecule has 11 heteroatoms. The molecular formula is C23H22N4O5S2. The molecule has 2 aliphatic heterocycles. The van der Waals surface area contributed by atoms with Gasteiger partial charge in [0, 0.05) is 36.1 Å². The van der Waals surface area contributed by atoms with Crippen LogP contribution in [0, 0.1) is 6.92 Å². The van der Waals surface area contributed by atoms with Crippen molar-refractivity contribution in [3.8, 4) is 17.0 Å². The first-order valence-corrected chi connectivity index (χ1v) is 13.0. The zero-order chi connectivity index (χ0) is 24.0. The highest BCUT2D eigenvalue weighted by Crippen LogP contribution is 2.38. The van der Waals surface area contributed by atoms with Crippen LogP contribution < -0.4 is 19.3 Å². The van der Waals surface area contributed by atoms with E-state index in [-0.39, 0.29) is 28.4 Å². The molecule has 0 radical (unpaired) electrons. The second kappa shape index (κ2) is 8.41. The Morgan fingerprint density at radius 3 is 2.56 bits per heavy atom. The van der Waals surface area contributed by atoms with E-state index in [9.17, 15) is 18.0 Å². The van der Waals surface area contributed by atoms with E-state index >= 15 is 0 Å². The minimum absolute atomic E-state index is 0.000177. The Labute approximate surface area is 201 Å². The summed E-state index contributed by atoms with van der Waals surface area (Å²) in [5.74, 6) is 0.510. The smallest absolute Gasteiger partial charge is 0.264 e. The number of ether oxygens (including phenoxy) is 1. The molecule has 0 bridgehead atoms. The van der Waals surface area contributed by atoms with E-state index in [1.165, 1.54) is 28.4 Å². The van der Waals surface area contributed by atoms with E-state index in [0.717, 1.165) is 16.9 Å². The van der Waals surface area contributed by atoms with E-state index in [1.807, 2.05) is 19.1 Å². The Balaban J connectivity index is 1.38. The normalized spacial score (nSPS) is 15.9. The van der Waals surface area contributed by atoms with Crippen LogP contribution in [0.25, 0.3) is 11.3 Å². The highest BCUT2D eigenvalue weighted by molar-refractivity contribution is 7.93. The Hall–Kier alpha value is -3.44. The van der Waals surface area contributed by atoms with Gasteiger partial charge in [0.05, 0.1) is 16.3 Å². The van der Waals surface area contributed by atoms with Crippen molar-refractivity contribution in [1.82, 2.24) is 4.98 Å². The molecule has 1 N–H and O–H groups in total. The molecule has 2 aliphatic rings. The van der Waals surface area contributed by atoms with Crippen molar-refractivity contribution in [2.24, 2.45) is 0 Å². The summed E-state index contributed by atoms with van der Waals surface area (Å²) >= 11 is 1.23. The lowest BCUT2D eigenvalue weighted by atomic mass is 10.1. The summed E-state index contributed by atoms with van der Waals surface area (Å²) in [7, 11) is -2.18. The summed E-state index contributed by atoms with van der Waals surface area (Å²) in [6.07, 6.45) is 1.31. The van der Waals surface area contributed by atoms with Gasteiger partial charge in [-0.3, -0.25) is 14.3 Å². The zero-order valence-electron chi connectivity index (χ0n) is 18.6. The quantitative estimate of drug-likeness (QED) is 0.578. The fourth-order valence-corrected chi connectivity index (χ4v) is 6.10. The highest BCUT2D eigenvalue weighted by atomic mass is 32.2. The number of carbonyl (C=O) groups is 2. The first-order chi connectivity index (χ1) is 16.2. The van der Waals surface area contributed by atoms with E-state index < -0.39 is 10.0 Å². The number of fused-ring (bicyclic) bond motifs is 1. The van der Waals surface area contributed by atoms with Gasteiger partial charge in [-0.1, -0.05) is 0 Å². The zero-order valence-corrected chi connectivity index (χ0v) is 20.2. The molecule has 3 heterocycles. The fraction of sp³-hybridized carbons (Fsp3) is 0.261. The minimum Gasteiger partial charge on any atom is -0.482 e. The summed E-state index contributed by atoms with van der Waals surface area (Å²) < 4.78 is 33.9. The van der Waals surface area contributed by atoms with Crippen LogP contribution in [0.3, 0.4) is 0 Å². The van der Waals surface area contributed by atoms with Gasteiger partial charge in [0.15, 0.2) is 11.7 Å².